The SMILES string of the molecule is CN(Cc1ccccc1)C(=O)NCc1cccc(N2CCCC2=O)c1. The highest BCUT2D eigenvalue weighted by Gasteiger charge is 2.21. The molecule has 1 aliphatic heterocycles. The van der Waals surface area contributed by atoms with Gasteiger partial charge >= 0.3 is 6.03 Å². The fourth-order valence-corrected chi connectivity index (χ4v) is 3.00. The van der Waals surface area contributed by atoms with Gasteiger partial charge in [-0.05, 0) is 29.7 Å². The van der Waals surface area contributed by atoms with E-state index < -0.39 is 0 Å². The van der Waals surface area contributed by atoms with Gasteiger partial charge in [0.2, 0.25) is 5.91 Å². The molecule has 0 unspecified atom stereocenters. The number of anilines is 1. The summed E-state index contributed by atoms with van der Waals surface area (Å²) in [6, 6.07) is 17.6. The van der Waals surface area contributed by atoms with E-state index in [1.165, 1.54) is 0 Å². The van der Waals surface area contributed by atoms with Gasteiger partial charge in [-0.1, -0.05) is 42.5 Å². The molecule has 3 rings (SSSR count). The fourth-order valence-electron chi connectivity index (χ4n) is 3.00. The summed E-state index contributed by atoms with van der Waals surface area (Å²) in [5.74, 6) is 0.170. The minimum atomic E-state index is -0.119. The molecule has 0 atom stereocenters. The maximum absolute atomic E-state index is 12.3. The first-order chi connectivity index (χ1) is 12.1. The van der Waals surface area contributed by atoms with Crippen LogP contribution in [0.25, 0.3) is 0 Å². The Kier molecular flexibility index (Phi) is 5.33. The number of amides is 3. The monoisotopic (exact) mass is 337 g/mol. The Labute approximate surface area is 148 Å². The number of nitrogens with zero attached hydrogens (tertiary/aromatic N) is 2. The van der Waals surface area contributed by atoms with Gasteiger partial charge in [0.15, 0.2) is 0 Å². The summed E-state index contributed by atoms with van der Waals surface area (Å²) in [7, 11) is 1.78. The van der Waals surface area contributed by atoms with Crippen LogP contribution in [-0.4, -0.2) is 30.4 Å². The Bertz CT molecular complexity index is 746. The molecule has 1 saturated heterocycles. The van der Waals surface area contributed by atoms with Crippen molar-refractivity contribution in [3.8, 4) is 0 Å². The van der Waals surface area contributed by atoms with E-state index in [1.807, 2.05) is 59.5 Å². The number of hydrogen-bond acceptors (Lipinski definition) is 2. The first kappa shape index (κ1) is 17.0. The number of rotatable bonds is 5. The molecule has 2 aromatic rings. The van der Waals surface area contributed by atoms with Gasteiger partial charge in [-0.2, -0.15) is 0 Å². The lowest BCUT2D eigenvalue weighted by Gasteiger charge is -2.19. The van der Waals surface area contributed by atoms with E-state index in [1.54, 1.807) is 11.9 Å². The van der Waals surface area contributed by atoms with Crippen LogP contribution in [0.2, 0.25) is 0 Å². The zero-order valence-corrected chi connectivity index (χ0v) is 14.4. The Balaban J connectivity index is 1.56. The molecule has 0 bridgehead atoms. The second kappa shape index (κ2) is 7.83. The average Bonchev–Trinajstić information content (AvgIpc) is 3.07. The summed E-state index contributed by atoms with van der Waals surface area (Å²) in [5.41, 5.74) is 2.99. The maximum Gasteiger partial charge on any atom is 0.317 e. The fraction of sp³-hybridized carbons (Fsp3) is 0.300. The van der Waals surface area contributed by atoms with E-state index in [9.17, 15) is 9.59 Å². The normalized spacial score (nSPS) is 13.8. The Morgan fingerprint density at radius 3 is 2.60 bits per heavy atom. The number of carbonyl (C=O) groups is 2. The largest absolute Gasteiger partial charge is 0.334 e. The van der Waals surface area contributed by atoms with Gasteiger partial charge in [0.25, 0.3) is 0 Å². The molecule has 2 aromatic carbocycles. The van der Waals surface area contributed by atoms with Crippen LogP contribution in [0.5, 0.6) is 0 Å². The quantitative estimate of drug-likeness (QED) is 0.911. The Morgan fingerprint density at radius 2 is 1.88 bits per heavy atom. The van der Waals surface area contributed by atoms with Crippen LogP contribution in [0.1, 0.15) is 24.0 Å². The van der Waals surface area contributed by atoms with Crippen molar-refractivity contribution in [3.05, 3.63) is 65.7 Å². The predicted molar refractivity (Wildman–Crippen MR) is 98.2 cm³/mol. The Hall–Kier alpha value is -2.82. The summed E-state index contributed by atoms with van der Waals surface area (Å²) in [6.07, 6.45) is 1.52. The van der Waals surface area contributed by atoms with Gasteiger partial charge < -0.3 is 15.1 Å². The van der Waals surface area contributed by atoms with Gasteiger partial charge in [0, 0.05) is 38.8 Å². The number of carbonyl (C=O) groups excluding carboxylic acids is 2. The van der Waals surface area contributed by atoms with Crippen molar-refractivity contribution in [2.75, 3.05) is 18.5 Å². The molecule has 0 aliphatic carbocycles. The van der Waals surface area contributed by atoms with Crippen LogP contribution in [0.4, 0.5) is 10.5 Å². The van der Waals surface area contributed by atoms with Gasteiger partial charge in [0.1, 0.15) is 0 Å². The van der Waals surface area contributed by atoms with E-state index in [0.29, 0.717) is 19.5 Å². The van der Waals surface area contributed by atoms with Gasteiger partial charge in [-0.15, -0.1) is 0 Å². The van der Waals surface area contributed by atoms with Crippen molar-refractivity contribution in [1.82, 2.24) is 10.2 Å². The highest BCUT2D eigenvalue weighted by Crippen LogP contribution is 2.22. The second-order valence-corrected chi connectivity index (χ2v) is 6.32. The zero-order valence-electron chi connectivity index (χ0n) is 14.4. The molecule has 1 aliphatic rings. The van der Waals surface area contributed by atoms with Gasteiger partial charge in [-0.3, -0.25) is 4.79 Å². The van der Waals surface area contributed by atoms with Crippen LogP contribution in [0.15, 0.2) is 54.6 Å². The molecule has 0 spiro atoms. The van der Waals surface area contributed by atoms with Crippen molar-refractivity contribution >= 4 is 17.6 Å². The molecule has 5 heteroatoms. The van der Waals surface area contributed by atoms with Crippen LogP contribution >= 0.6 is 0 Å². The summed E-state index contributed by atoms with van der Waals surface area (Å²) >= 11 is 0. The highest BCUT2D eigenvalue weighted by atomic mass is 16.2. The zero-order chi connectivity index (χ0) is 17.6. The molecule has 0 radical (unpaired) electrons. The van der Waals surface area contributed by atoms with E-state index >= 15 is 0 Å². The van der Waals surface area contributed by atoms with Crippen molar-refractivity contribution in [2.45, 2.75) is 25.9 Å². The Morgan fingerprint density at radius 1 is 1.12 bits per heavy atom. The number of nitrogens with one attached hydrogen (secondary N) is 1. The number of urea groups is 1. The molecule has 3 amide bonds. The molecule has 1 fully saturated rings. The van der Waals surface area contributed by atoms with Gasteiger partial charge in [0.05, 0.1) is 0 Å². The van der Waals surface area contributed by atoms with Crippen molar-refractivity contribution in [2.24, 2.45) is 0 Å². The molecule has 1 heterocycles. The molecule has 0 aromatic heterocycles. The summed E-state index contributed by atoms with van der Waals surface area (Å²) in [6.45, 7) is 1.78. The summed E-state index contributed by atoms with van der Waals surface area (Å²) in [4.78, 5) is 27.6. The topological polar surface area (TPSA) is 52.7 Å². The molecular formula is C20H23N3O2. The third-order valence-corrected chi connectivity index (χ3v) is 4.35. The predicted octanol–water partition coefficient (Wildman–Crippen LogP) is 3.16. The van der Waals surface area contributed by atoms with E-state index in [4.69, 9.17) is 0 Å². The van der Waals surface area contributed by atoms with Crippen molar-refractivity contribution in [3.63, 3.8) is 0 Å². The van der Waals surface area contributed by atoms with Crippen LogP contribution in [0, 0.1) is 0 Å². The molecule has 130 valence electrons. The van der Waals surface area contributed by atoms with Crippen LogP contribution in [0.3, 0.4) is 0 Å². The molecular weight excluding hydrogens is 314 g/mol. The highest BCUT2D eigenvalue weighted by molar-refractivity contribution is 5.95. The van der Waals surface area contributed by atoms with E-state index in [-0.39, 0.29) is 11.9 Å². The third-order valence-electron chi connectivity index (χ3n) is 4.35. The van der Waals surface area contributed by atoms with E-state index in [2.05, 4.69) is 5.32 Å². The van der Waals surface area contributed by atoms with Crippen molar-refractivity contribution in [1.29, 1.82) is 0 Å². The smallest absolute Gasteiger partial charge is 0.317 e. The van der Waals surface area contributed by atoms with Gasteiger partial charge in [-0.25, -0.2) is 4.79 Å². The first-order valence-electron chi connectivity index (χ1n) is 8.56. The summed E-state index contributed by atoms with van der Waals surface area (Å²) in [5, 5.41) is 2.93. The average molecular weight is 337 g/mol. The third kappa shape index (κ3) is 4.38. The minimum Gasteiger partial charge on any atom is -0.334 e. The second-order valence-electron chi connectivity index (χ2n) is 6.32. The number of benzene rings is 2. The molecule has 1 N–H and O–H groups in total. The van der Waals surface area contributed by atoms with Crippen LogP contribution < -0.4 is 10.2 Å². The van der Waals surface area contributed by atoms with Crippen LogP contribution in [-0.2, 0) is 17.9 Å². The first-order valence-corrected chi connectivity index (χ1v) is 8.56. The lowest BCUT2D eigenvalue weighted by Crippen LogP contribution is -2.36. The lowest BCUT2D eigenvalue weighted by atomic mass is 10.2. The maximum atomic E-state index is 12.3. The standard InChI is InChI=1S/C20H23N3O2/c1-22(15-16-7-3-2-4-8-16)20(25)21-14-17-9-5-10-18(13-17)23-12-6-11-19(23)24/h2-5,7-10,13H,6,11-12,14-15H2,1H3,(H,21,25). The molecule has 5 nitrogen and oxygen atoms in total. The minimum absolute atomic E-state index is 0.119. The molecule has 0 saturated carbocycles. The lowest BCUT2D eigenvalue weighted by molar-refractivity contribution is -0.117. The van der Waals surface area contributed by atoms with Crippen molar-refractivity contribution < 1.29 is 9.59 Å². The summed E-state index contributed by atoms with van der Waals surface area (Å²) < 4.78 is 0. The number of hydrogen-bond donors (Lipinski definition) is 1. The van der Waals surface area contributed by atoms with E-state index in [0.717, 1.165) is 29.8 Å². The molecule has 25 heavy (non-hydrogen) atoms.